The van der Waals surface area contributed by atoms with E-state index < -0.39 is 12.0 Å². The van der Waals surface area contributed by atoms with Gasteiger partial charge >= 0.3 is 5.97 Å². The van der Waals surface area contributed by atoms with Gasteiger partial charge in [0.05, 0.1) is 6.04 Å². The van der Waals surface area contributed by atoms with Crippen molar-refractivity contribution in [1.29, 1.82) is 0 Å². The van der Waals surface area contributed by atoms with Crippen LogP contribution < -0.4 is 5.73 Å². The van der Waals surface area contributed by atoms with Crippen molar-refractivity contribution < 1.29 is 14.3 Å². The van der Waals surface area contributed by atoms with Crippen LogP contribution in [0.5, 0.6) is 0 Å². The number of carbonyl (C=O) groups is 1. The molecule has 0 amide bonds. The lowest BCUT2D eigenvalue weighted by Gasteiger charge is -2.07. The second kappa shape index (κ2) is 5.77. The van der Waals surface area contributed by atoms with E-state index in [0.717, 1.165) is 18.6 Å². The first-order valence-corrected chi connectivity index (χ1v) is 5.82. The van der Waals surface area contributed by atoms with Crippen molar-refractivity contribution in [3.8, 4) is 0 Å². The fourth-order valence-electron chi connectivity index (χ4n) is 1.11. The molecule has 0 saturated heterocycles. The van der Waals surface area contributed by atoms with Gasteiger partial charge in [-0.1, -0.05) is 6.92 Å². The van der Waals surface area contributed by atoms with E-state index in [-0.39, 0.29) is 11.5 Å². The zero-order chi connectivity index (χ0) is 11.3. The van der Waals surface area contributed by atoms with Gasteiger partial charge in [-0.2, -0.15) is 11.8 Å². The Morgan fingerprint density at radius 3 is 3.13 bits per heavy atom. The van der Waals surface area contributed by atoms with E-state index >= 15 is 0 Å². The summed E-state index contributed by atoms with van der Waals surface area (Å²) in [6.07, 6.45) is 2.18. The molecule has 1 atom stereocenters. The Bertz CT molecular complexity index is 327. The molecule has 0 saturated carbocycles. The number of hydrogen-bond donors (Lipinski definition) is 2. The number of aromatic nitrogens is 1. The number of carboxylic acids is 1. The molecule has 1 rings (SSSR count). The summed E-state index contributed by atoms with van der Waals surface area (Å²) in [5.41, 5.74) is 5.72. The fraction of sp³-hybridized carbons (Fsp3) is 0.556. The molecule has 0 aliphatic rings. The zero-order valence-electron chi connectivity index (χ0n) is 8.47. The minimum absolute atomic E-state index is 0.0837. The molecule has 5 nitrogen and oxygen atoms in total. The normalized spacial score (nSPS) is 12.7. The van der Waals surface area contributed by atoms with Crippen LogP contribution >= 0.6 is 11.8 Å². The van der Waals surface area contributed by atoms with Gasteiger partial charge in [-0.3, -0.25) is 0 Å². The molecule has 0 spiro atoms. The highest BCUT2D eigenvalue weighted by molar-refractivity contribution is 7.99. The Morgan fingerprint density at radius 1 is 1.80 bits per heavy atom. The van der Waals surface area contributed by atoms with Crippen LogP contribution in [-0.2, 0) is 0 Å². The molecule has 1 aromatic rings. The lowest BCUT2D eigenvalue weighted by Crippen LogP contribution is -2.16. The largest absolute Gasteiger partial charge is 0.476 e. The van der Waals surface area contributed by atoms with Crippen molar-refractivity contribution in [2.24, 2.45) is 5.73 Å². The molecule has 6 heteroatoms. The Hall–Kier alpha value is -1.01. The Morgan fingerprint density at radius 2 is 2.53 bits per heavy atom. The van der Waals surface area contributed by atoms with Gasteiger partial charge in [0, 0.05) is 5.75 Å². The van der Waals surface area contributed by atoms with Crippen LogP contribution in [0, 0.1) is 0 Å². The number of carboxylic acid groups (broad SMARTS) is 1. The van der Waals surface area contributed by atoms with Crippen LogP contribution in [0.4, 0.5) is 0 Å². The smallest absolute Gasteiger partial charge is 0.358 e. The van der Waals surface area contributed by atoms with Gasteiger partial charge in [0.2, 0.25) is 0 Å². The molecule has 0 aromatic carbocycles. The number of nitrogens with two attached hydrogens (primary N) is 1. The predicted octanol–water partition coefficient (Wildman–Crippen LogP) is 1.52. The summed E-state index contributed by atoms with van der Waals surface area (Å²) in [6.45, 7) is 2.08. The lowest BCUT2D eigenvalue weighted by atomic mass is 10.2. The van der Waals surface area contributed by atoms with Crippen molar-refractivity contribution in [1.82, 2.24) is 4.98 Å². The average molecular weight is 230 g/mol. The third-order valence-corrected chi connectivity index (χ3v) is 3.07. The van der Waals surface area contributed by atoms with E-state index in [2.05, 4.69) is 11.9 Å². The highest BCUT2D eigenvalue weighted by atomic mass is 32.2. The van der Waals surface area contributed by atoms with Gasteiger partial charge in [-0.25, -0.2) is 9.78 Å². The number of thioether (sulfide) groups is 1. The molecular formula is C9H14N2O3S. The molecule has 0 fully saturated rings. The number of nitrogens with zero attached hydrogens (tertiary/aromatic N) is 1. The third kappa shape index (κ3) is 3.24. The van der Waals surface area contributed by atoms with Crippen molar-refractivity contribution in [2.75, 3.05) is 11.5 Å². The monoisotopic (exact) mass is 230 g/mol. The number of aromatic carboxylic acids is 1. The maximum absolute atomic E-state index is 10.7. The Kier molecular flexibility index (Phi) is 4.64. The fourth-order valence-corrected chi connectivity index (χ4v) is 1.97. The Labute approximate surface area is 92.1 Å². The van der Waals surface area contributed by atoms with Gasteiger partial charge in [0.15, 0.2) is 17.8 Å². The topological polar surface area (TPSA) is 89.4 Å². The molecule has 84 valence electrons. The van der Waals surface area contributed by atoms with Gasteiger partial charge in [-0.05, 0) is 12.2 Å². The molecular weight excluding hydrogens is 216 g/mol. The lowest BCUT2D eigenvalue weighted by molar-refractivity contribution is 0.0688. The van der Waals surface area contributed by atoms with Crippen LogP contribution in [0.1, 0.15) is 35.6 Å². The summed E-state index contributed by atoms with van der Waals surface area (Å²) in [7, 11) is 0. The Balaban J connectivity index is 2.60. The molecule has 1 heterocycles. The van der Waals surface area contributed by atoms with E-state index in [4.69, 9.17) is 15.3 Å². The average Bonchev–Trinajstić information content (AvgIpc) is 2.66. The standard InChI is InChI=1S/C9H14N2O3S/c1-2-3-15-4-6(10)8-7(9(12)13)11-5-14-8/h5-6H,2-4,10H2,1H3,(H,12,13). The zero-order valence-corrected chi connectivity index (χ0v) is 9.29. The molecule has 1 aromatic heterocycles. The number of rotatable bonds is 6. The van der Waals surface area contributed by atoms with Gasteiger partial charge in [0.25, 0.3) is 0 Å². The van der Waals surface area contributed by atoms with Crippen molar-refractivity contribution in [2.45, 2.75) is 19.4 Å². The molecule has 0 bridgehead atoms. The molecule has 0 aliphatic carbocycles. The van der Waals surface area contributed by atoms with Crippen LogP contribution in [0.15, 0.2) is 10.8 Å². The quantitative estimate of drug-likeness (QED) is 0.720. The first kappa shape index (κ1) is 12.1. The summed E-state index contributed by atoms with van der Waals surface area (Å²) in [4.78, 5) is 14.3. The van der Waals surface area contributed by atoms with E-state index in [1.165, 1.54) is 0 Å². The van der Waals surface area contributed by atoms with Crippen molar-refractivity contribution in [3.05, 3.63) is 17.8 Å². The van der Waals surface area contributed by atoms with Crippen LogP contribution in [-0.4, -0.2) is 27.6 Å². The second-order valence-electron chi connectivity index (χ2n) is 3.05. The van der Waals surface area contributed by atoms with E-state index in [9.17, 15) is 4.79 Å². The summed E-state index contributed by atoms with van der Waals surface area (Å²) < 4.78 is 4.99. The maximum Gasteiger partial charge on any atom is 0.358 e. The van der Waals surface area contributed by atoms with Gasteiger partial charge < -0.3 is 15.3 Å². The van der Waals surface area contributed by atoms with Crippen LogP contribution in [0.2, 0.25) is 0 Å². The highest BCUT2D eigenvalue weighted by Crippen LogP contribution is 2.19. The molecule has 0 radical (unpaired) electrons. The second-order valence-corrected chi connectivity index (χ2v) is 4.20. The van der Waals surface area contributed by atoms with Crippen LogP contribution in [0.25, 0.3) is 0 Å². The first-order chi connectivity index (χ1) is 7.16. The van der Waals surface area contributed by atoms with Crippen molar-refractivity contribution in [3.63, 3.8) is 0 Å². The first-order valence-electron chi connectivity index (χ1n) is 4.66. The molecule has 3 N–H and O–H groups in total. The summed E-state index contributed by atoms with van der Waals surface area (Å²) in [5, 5.41) is 8.79. The van der Waals surface area contributed by atoms with Gasteiger partial charge in [-0.15, -0.1) is 0 Å². The molecule has 15 heavy (non-hydrogen) atoms. The van der Waals surface area contributed by atoms with Gasteiger partial charge in [0.1, 0.15) is 0 Å². The predicted molar refractivity (Wildman–Crippen MR) is 58.0 cm³/mol. The number of hydrogen-bond acceptors (Lipinski definition) is 5. The summed E-state index contributed by atoms with van der Waals surface area (Å²) in [5.74, 6) is 0.800. The molecule has 0 aliphatic heterocycles. The third-order valence-electron chi connectivity index (χ3n) is 1.78. The highest BCUT2D eigenvalue weighted by Gasteiger charge is 2.21. The number of oxazole rings is 1. The maximum atomic E-state index is 10.7. The minimum Gasteiger partial charge on any atom is -0.476 e. The van der Waals surface area contributed by atoms with Crippen LogP contribution in [0.3, 0.4) is 0 Å². The van der Waals surface area contributed by atoms with E-state index in [0.29, 0.717) is 5.75 Å². The van der Waals surface area contributed by atoms with E-state index in [1.54, 1.807) is 11.8 Å². The summed E-state index contributed by atoms with van der Waals surface area (Å²) >= 11 is 1.67. The van der Waals surface area contributed by atoms with Crippen molar-refractivity contribution >= 4 is 17.7 Å². The minimum atomic E-state index is -1.10. The summed E-state index contributed by atoms with van der Waals surface area (Å²) in [6, 6.07) is -0.407. The van der Waals surface area contributed by atoms with E-state index in [1.807, 2.05) is 0 Å². The molecule has 1 unspecified atom stereocenters. The SMILES string of the molecule is CCCSCC(N)c1ocnc1C(=O)O.